The molecule has 2 aliphatic rings. The van der Waals surface area contributed by atoms with E-state index in [1.807, 2.05) is 0 Å². The summed E-state index contributed by atoms with van der Waals surface area (Å²) in [5.74, 6) is 0.213. The largest absolute Gasteiger partial charge is 0.344 e. The van der Waals surface area contributed by atoms with Gasteiger partial charge in [-0.05, 0) is 31.4 Å². The molecule has 1 aromatic carbocycles. The molecule has 7 heteroatoms. The first-order valence-corrected chi connectivity index (χ1v) is 8.53. The fraction of sp³-hybridized carbons (Fsp3) is 0.389. The lowest BCUT2D eigenvalue weighted by atomic mass is 10.1. The van der Waals surface area contributed by atoms with Crippen LogP contribution in [0.1, 0.15) is 37.5 Å². The minimum Gasteiger partial charge on any atom is -0.344 e. The highest BCUT2D eigenvalue weighted by atomic mass is 19.1. The average molecular weight is 342 g/mol. The van der Waals surface area contributed by atoms with Crippen molar-refractivity contribution in [2.45, 2.75) is 37.8 Å². The molecule has 2 aliphatic heterocycles. The number of aromatic amines is 1. The molecule has 2 unspecified atom stereocenters. The summed E-state index contributed by atoms with van der Waals surface area (Å²) < 4.78 is 14.0. The van der Waals surface area contributed by atoms with Crippen LogP contribution in [-0.2, 0) is 9.59 Å². The van der Waals surface area contributed by atoms with Crippen LogP contribution in [0.25, 0.3) is 11.3 Å². The summed E-state index contributed by atoms with van der Waals surface area (Å²) in [6, 6.07) is 5.92. The summed E-state index contributed by atoms with van der Waals surface area (Å²) in [5, 5.41) is 2.73. The minimum atomic E-state index is -0.436. The van der Waals surface area contributed by atoms with Crippen molar-refractivity contribution >= 4 is 11.8 Å². The number of benzene rings is 1. The van der Waals surface area contributed by atoms with E-state index in [9.17, 15) is 14.0 Å². The SMILES string of the molecule is O=C1CCC(C(=O)N2CCCC2c2ncc(-c3ccccc3F)[nH]2)N1. The van der Waals surface area contributed by atoms with Crippen molar-refractivity contribution in [3.63, 3.8) is 0 Å². The van der Waals surface area contributed by atoms with Gasteiger partial charge in [0.25, 0.3) is 0 Å². The van der Waals surface area contributed by atoms with E-state index in [0.717, 1.165) is 12.8 Å². The van der Waals surface area contributed by atoms with E-state index in [2.05, 4.69) is 15.3 Å². The number of amides is 2. The first-order valence-electron chi connectivity index (χ1n) is 8.53. The van der Waals surface area contributed by atoms with Gasteiger partial charge in [-0.1, -0.05) is 12.1 Å². The number of carbonyl (C=O) groups excluding carboxylic acids is 2. The van der Waals surface area contributed by atoms with E-state index in [4.69, 9.17) is 0 Å². The van der Waals surface area contributed by atoms with Crippen LogP contribution in [-0.4, -0.2) is 39.3 Å². The molecule has 0 spiro atoms. The monoisotopic (exact) mass is 342 g/mol. The van der Waals surface area contributed by atoms with Crippen molar-refractivity contribution in [1.82, 2.24) is 20.2 Å². The highest BCUT2D eigenvalue weighted by Crippen LogP contribution is 2.33. The molecular formula is C18H19FN4O2. The average Bonchev–Trinajstić information content (AvgIpc) is 3.34. The minimum absolute atomic E-state index is 0.0582. The highest BCUT2D eigenvalue weighted by Gasteiger charge is 2.38. The summed E-state index contributed by atoms with van der Waals surface area (Å²) in [6.07, 6.45) is 4.22. The summed E-state index contributed by atoms with van der Waals surface area (Å²) in [6.45, 7) is 0.644. The van der Waals surface area contributed by atoms with E-state index >= 15 is 0 Å². The van der Waals surface area contributed by atoms with Gasteiger partial charge in [-0.25, -0.2) is 9.37 Å². The number of aromatic nitrogens is 2. The van der Waals surface area contributed by atoms with Crippen molar-refractivity contribution in [3.05, 3.63) is 42.1 Å². The maximum Gasteiger partial charge on any atom is 0.245 e. The number of carbonyl (C=O) groups is 2. The molecule has 0 aliphatic carbocycles. The smallest absolute Gasteiger partial charge is 0.245 e. The molecule has 2 atom stereocenters. The Morgan fingerprint density at radius 1 is 1.28 bits per heavy atom. The van der Waals surface area contributed by atoms with E-state index < -0.39 is 6.04 Å². The number of nitrogens with one attached hydrogen (secondary N) is 2. The number of rotatable bonds is 3. The van der Waals surface area contributed by atoms with Gasteiger partial charge in [-0.2, -0.15) is 0 Å². The second-order valence-corrected chi connectivity index (χ2v) is 6.51. The van der Waals surface area contributed by atoms with Gasteiger partial charge in [0.05, 0.1) is 17.9 Å². The van der Waals surface area contributed by atoms with E-state index in [-0.39, 0.29) is 23.7 Å². The molecule has 25 heavy (non-hydrogen) atoms. The molecule has 0 radical (unpaired) electrons. The van der Waals surface area contributed by atoms with Crippen LogP contribution in [0.5, 0.6) is 0 Å². The van der Waals surface area contributed by atoms with Gasteiger partial charge in [0.2, 0.25) is 11.8 Å². The zero-order valence-electron chi connectivity index (χ0n) is 13.7. The highest BCUT2D eigenvalue weighted by molar-refractivity contribution is 5.91. The summed E-state index contributed by atoms with van der Waals surface area (Å²) >= 11 is 0. The summed E-state index contributed by atoms with van der Waals surface area (Å²) in [5.41, 5.74) is 1.06. The van der Waals surface area contributed by atoms with E-state index in [1.165, 1.54) is 6.07 Å². The third-order valence-electron chi connectivity index (χ3n) is 4.90. The number of likely N-dealkylation sites (tertiary alicyclic amines) is 1. The fourth-order valence-electron chi connectivity index (χ4n) is 3.64. The summed E-state index contributed by atoms with van der Waals surface area (Å²) in [4.78, 5) is 33.4. The molecular weight excluding hydrogens is 323 g/mol. The fourth-order valence-corrected chi connectivity index (χ4v) is 3.64. The van der Waals surface area contributed by atoms with Crippen LogP contribution >= 0.6 is 0 Å². The Morgan fingerprint density at radius 3 is 2.88 bits per heavy atom. The second-order valence-electron chi connectivity index (χ2n) is 6.51. The second kappa shape index (κ2) is 6.31. The molecule has 3 heterocycles. The van der Waals surface area contributed by atoms with E-state index in [0.29, 0.717) is 36.5 Å². The van der Waals surface area contributed by atoms with Crippen molar-refractivity contribution in [2.24, 2.45) is 0 Å². The van der Waals surface area contributed by atoms with Gasteiger partial charge in [-0.3, -0.25) is 9.59 Å². The first kappa shape index (κ1) is 15.8. The Bertz CT molecular complexity index is 819. The van der Waals surface area contributed by atoms with Crippen molar-refractivity contribution < 1.29 is 14.0 Å². The molecule has 2 saturated heterocycles. The first-order chi connectivity index (χ1) is 12.1. The maximum atomic E-state index is 14.0. The van der Waals surface area contributed by atoms with Crippen LogP contribution in [0.3, 0.4) is 0 Å². The number of hydrogen-bond acceptors (Lipinski definition) is 3. The Morgan fingerprint density at radius 2 is 2.12 bits per heavy atom. The zero-order chi connectivity index (χ0) is 17.4. The third kappa shape index (κ3) is 2.90. The zero-order valence-corrected chi connectivity index (χ0v) is 13.7. The Hall–Kier alpha value is -2.70. The molecule has 2 fully saturated rings. The molecule has 1 aromatic heterocycles. The quantitative estimate of drug-likeness (QED) is 0.897. The summed E-state index contributed by atoms with van der Waals surface area (Å²) in [7, 11) is 0. The van der Waals surface area contributed by atoms with Crippen LogP contribution in [0.2, 0.25) is 0 Å². The maximum absolute atomic E-state index is 14.0. The molecule has 4 rings (SSSR count). The lowest BCUT2D eigenvalue weighted by Gasteiger charge is -2.26. The molecule has 0 saturated carbocycles. The normalized spacial score (nSPS) is 23.1. The van der Waals surface area contributed by atoms with Gasteiger partial charge >= 0.3 is 0 Å². The number of halogens is 1. The lowest BCUT2D eigenvalue weighted by molar-refractivity contribution is -0.135. The third-order valence-corrected chi connectivity index (χ3v) is 4.90. The molecule has 0 bridgehead atoms. The Labute approximate surface area is 144 Å². The van der Waals surface area contributed by atoms with Crippen molar-refractivity contribution in [2.75, 3.05) is 6.54 Å². The van der Waals surface area contributed by atoms with Gasteiger partial charge in [0.1, 0.15) is 17.7 Å². The molecule has 2 aromatic rings. The number of nitrogens with zero attached hydrogens (tertiary/aromatic N) is 2. The van der Waals surface area contributed by atoms with Crippen molar-refractivity contribution in [3.8, 4) is 11.3 Å². The number of H-pyrrole nitrogens is 1. The van der Waals surface area contributed by atoms with Crippen molar-refractivity contribution in [1.29, 1.82) is 0 Å². The molecule has 2 N–H and O–H groups in total. The van der Waals surface area contributed by atoms with Crippen LogP contribution in [0.15, 0.2) is 30.5 Å². The topological polar surface area (TPSA) is 78.1 Å². The van der Waals surface area contributed by atoms with Gasteiger partial charge in [0.15, 0.2) is 0 Å². The molecule has 130 valence electrons. The molecule has 2 amide bonds. The number of hydrogen-bond donors (Lipinski definition) is 2. The number of imidazole rings is 1. The van der Waals surface area contributed by atoms with Gasteiger partial charge < -0.3 is 15.2 Å². The van der Waals surface area contributed by atoms with Crippen LogP contribution < -0.4 is 5.32 Å². The van der Waals surface area contributed by atoms with E-state index in [1.54, 1.807) is 29.3 Å². The predicted molar refractivity (Wildman–Crippen MR) is 88.8 cm³/mol. The Kier molecular flexibility index (Phi) is 3.99. The molecule has 6 nitrogen and oxygen atoms in total. The van der Waals surface area contributed by atoms with Gasteiger partial charge in [0, 0.05) is 18.5 Å². The lowest BCUT2D eigenvalue weighted by Crippen LogP contribution is -2.44. The standard InChI is InChI=1S/C18H19FN4O2/c19-12-5-2-1-4-11(12)14-10-20-17(22-14)15-6-3-9-23(15)18(25)13-7-8-16(24)21-13/h1-2,4-5,10,13,15H,3,6-9H2,(H,20,22)(H,21,24). The van der Waals surface area contributed by atoms with Crippen LogP contribution in [0, 0.1) is 5.82 Å². The van der Waals surface area contributed by atoms with Gasteiger partial charge in [-0.15, -0.1) is 0 Å². The predicted octanol–water partition coefficient (Wildman–Crippen LogP) is 2.16. The van der Waals surface area contributed by atoms with Crippen LogP contribution in [0.4, 0.5) is 4.39 Å². The Balaban J connectivity index is 1.56.